The quantitative estimate of drug-likeness (QED) is 0.483. The Morgan fingerprint density at radius 3 is 2.66 bits per heavy atom. The third-order valence-electron chi connectivity index (χ3n) is 4.67. The number of ether oxygens (including phenoxy) is 1. The first kappa shape index (κ1) is 18.4. The molecule has 0 amide bonds. The first-order valence-corrected chi connectivity index (χ1v) is 9.05. The van der Waals surface area contributed by atoms with E-state index >= 15 is 0 Å². The number of aromatic nitrogens is 4. The zero-order valence-electron chi connectivity index (χ0n) is 16.4. The number of aryl methyl sites for hydroxylation is 2. The molecule has 0 fully saturated rings. The second kappa shape index (κ2) is 7.56. The molecular formula is C23H19N5O. The smallest absolute Gasteiger partial charge is 0.164 e. The summed E-state index contributed by atoms with van der Waals surface area (Å²) in [5.41, 5.74) is 6.18. The van der Waals surface area contributed by atoms with Gasteiger partial charge in [0.05, 0.1) is 37.3 Å². The van der Waals surface area contributed by atoms with Crippen LogP contribution in [0.2, 0.25) is 0 Å². The molecule has 29 heavy (non-hydrogen) atoms. The van der Waals surface area contributed by atoms with Crippen molar-refractivity contribution in [3.05, 3.63) is 89.6 Å². The molecule has 0 atom stereocenters. The Labute approximate surface area is 168 Å². The van der Waals surface area contributed by atoms with Crippen LogP contribution in [0, 0.1) is 13.5 Å². The predicted molar refractivity (Wildman–Crippen MR) is 113 cm³/mol. The van der Waals surface area contributed by atoms with Gasteiger partial charge in [0.15, 0.2) is 6.20 Å². The summed E-state index contributed by atoms with van der Waals surface area (Å²) in [7, 11) is 3.52. The van der Waals surface area contributed by atoms with Gasteiger partial charge in [0.1, 0.15) is 5.75 Å². The van der Waals surface area contributed by atoms with Crippen LogP contribution in [0.25, 0.3) is 32.4 Å². The van der Waals surface area contributed by atoms with Crippen LogP contribution < -0.4 is 4.74 Å². The molecule has 0 aliphatic heterocycles. The summed E-state index contributed by atoms with van der Waals surface area (Å²) in [6, 6.07) is 9.93. The van der Waals surface area contributed by atoms with Crippen molar-refractivity contribution in [3.63, 3.8) is 0 Å². The summed E-state index contributed by atoms with van der Waals surface area (Å²) in [6.45, 7) is 9.36. The highest BCUT2D eigenvalue weighted by Crippen LogP contribution is 2.29. The average Bonchev–Trinajstić information content (AvgIpc) is 3.17. The number of pyridine rings is 2. The van der Waals surface area contributed by atoms with Crippen molar-refractivity contribution in [2.75, 3.05) is 7.11 Å². The van der Waals surface area contributed by atoms with Crippen LogP contribution in [0.5, 0.6) is 5.75 Å². The summed E-state index contributed by atoms with van der Waals surface area (Å²) in [4.78, 5) is 12.6. The van der Waals surface area contributed by atoms with Gasteiger partial charge in [0.25, 0.3) is 0 Å². The van der Waals surface area contributed by atoms with E-state index in [1.54, 1.807) is 18.0 Å². The Morgan fingerprint density at radius 2 is 1.93 bits per heavy atom. The standard InChI is InChI=1S/C23H19N5O/c1-15-5-16(8-20(6-15)29-4)21(12-24-2)22-9-17-7-18(10-25-23(17)13-26-22)19-11-27-28(3)14-19/h5-14H,1,3-4H3/b21-12+. The maximum Gasteiger partial charge on any atom is 0.164 e. The highest BCUT2D eigenvalue weighted by molar-refractivity contribution is 5.88. The molecule has 4 aromatic rings. The third kappa shape index (κ3) is 3.71. The van der Waals surface area contributed by atoms with Gasteiger partial charge in [-0.15, -0.1) is 0 Å². The van der Waals surface area contributed by atoms with Crippen molar-refractivity contribution >= 4 is 16.5 Å². The van der Waals surface area contributed by atoms with Crippen LogP contribution in [0.3, 0.4) is 0 Å². The van der Waals surface area contributed by atoms with Crippen molar-refractivity contribution in [1.82, 2.24) is 19.7 Å². The molecule has 3 heterocycles. The summed E-state index contributed by atoms with van der Waals surface area (Å²) < 4.78 is 7.16. The lowest BCUT2D eigenvalue weighted by Gasteiger charge is -2.11. The van der Waals surface area contributed by atoms with E-state index in [0.29, 0.717) is 5.69 Å². The number of methoxy groups -OCH3 is 1. The van der Waals surface area contributed by atoms with Gasteiger partial charge in [0, 0.05) is 41.5 Å². The van der Waals surface area contributed by atoms with Gasteiger partial charge >= 0.3 is 0 Å². The normalized spacial score (nSPS) is 11.4. The summed E-state index contributed by atoms with van der Waals surface area (Å²) in [5, 5.41) is 5.18. The van der Waals surface area contributed by atoms with E-state index in [0.717, 1.165) is 44.5 Å². The van der Waals surface area contributed by atoms with Gasteiger partial charge in [-0.25, -0.2) is 4.85 Å². The molecule has 0 unspecified atom stereocenters. The number of fused-ring (bicyclic) bond motifs is 1. The molecule has 6 nitrogen and oxygen atoms in total. The fourth-order valence-electron chi connectivity index (χ4n) is 3.28. The Balaban J connectivity index is 1.83. The average molecular weight is 381 g/mol. The lowest BCUT2D eigenvalue weighted by molar-refractivity contribution is 0.414. The fourth-order valence-corrected chi connectivity index (χ4v) is 3.28. The Hall–Kier alpha value is -3.98. The SMILES string of the molecule is [C-]#[N+]/C=C(\c1cc(C)cc(OC)c1)c1cc2cc(-c3cnn(C)c3)cnc2cn1. The fraction of sp³-hybridized carbons (Fsp3) is 0.130. The van der Waals surface area contributed by atoms with Gasteiger partial charge < -0.3 is 4.74 Å². The molecule has 0 saturated carbocycles. The summed E-state index contributed by atoms with van der Waals surface area (Å²) in [6.07, 6.45) is 8.83. The number of benzene rings is 1. The zero-order chi connectivity index (χ0) is 20.4. The second-order valence-corrected chi connectivity index (χ2v) is 6.80. The molecule has 0 saturated heterocycles. The molecule has 0 aliphatic carbocycles. The van der Waals surface area contributed by atoms with Crippen LogP contribution >= 0.6 is 0 Å². The minimum atomic E-state index is 0.714. The number of nitrogens with zero attached hydrogens (tertiary/aromatic N) is 5. The first-order valence-electron chi connectivity index (χ1n) is 9.05. The summed E-state index contributed by atoms with van der Waals surface area (Å²) >= 11 is 0. The van der Waals surface area contributed by atoms with Crippen molar-refractivity contribution in [2.45, 2.75) is 6.92 Å². The highest BCUT2D eigenvalue weighted by atomic mass is 16.5. The van der Waals surface area contributed by atoms with Crippen molar-refractivity contribution in [2.24, 2.45) is 7.05 Å². The second-order valence-electron chi connectivity index (χ2n) is 6.80. The number of hydrogen-bond donors (Lipinski definition) is 0. The monoisotopic (exact) mass is 381 g/mol. The lowest BCUT2D eigenvalue weighted by atomic mass is 9.99. The molecule has 3 aromatic heterocycles. The lowest BCUT2D eigenvalue weighted by Crippen LogP contribution is -1.95. The molecule has 0 radical (unpaired) electrons. The maximum absolute atomic E-state index is 7.36. The first-order chi connectivity index (χ1) is 14.1. The Bertz CT molecular complexity index is 1280. The molecule has 0 spiro atoms. The van der Waals surface area contributed by atoms with Crippen LogP contribution in [-0.2, 0) is 7.05 Å². The minimum Gasteiger partial charge on any atom is -0.497 e. The molecule has 0 aliphatic rings. The molecular weight excluding hydrogens is 362 g/mol. The van der Waals surface area contributed by atoms with Gasteiger partial charge in [-0.2, -0.15) is 5.10 Å². The van der Waals surface area contributed by atoms with Crippen molar-refractivity contribution in [3.8, 4) is 16.9 Å². The topological polar surface area (TPSA) is 57.2 Å². The molecule has 6 heteroatoms. The summed E-state index contributed by atoms with van der Waals surface area (Å²) in [5.74, 6) is 0.747. The van der Waals surface area contributed by atoms with E-state index in [4.69, 9.17) is 11.3 Å². The van der Waals surface area contributed by atoms with Gasteiger partial charge in [-0.05, 0) is 42.3 Å². The molecule has 1 aromatic carbocycles. The molecule has 142 valence electrons. The maximum atomic E-state index is 7.36. The van der Waals surface area contributed by atoms with E-state index < -0.39 is 0 Å². The highest BCUT2D eigenvalue weighted by Gasteiger charge is 2.11. The van der Waals surface area contributed by atoms with E-state index in [2.05, 4.69) is 26.0 Å². The van der Waals surface area contributed by atoms with Gasteiger partial charge in [-0.1, -0.05) is 6.07 Å². The van der Waals surface area contributed by atoms with E-state index in [9.17, 15) is 0 Å². The van der Waals surface area contributed by atoms with E-state index in [-0.39, 0.29) is 0 Å². The number of rotatable bonds is 4. The Kier molecular flexibility index (Phi) is 4.80. The molecule has 4 rings (SSSR count). The van der Waals surface area contributed by atoms with E-state index in [1.807, 2.05) is 56.8 Å². The van der Waals surface area contributed by atoms with Gasteiger partial charge in [0.2, 0.25) is 0 Å². The largest absolute Gasteiger partial charge is 0.497 e. The van der Waals surface area contributed by atoms with Crippen LogP contribution in [0.1, 0.15) is 16.8 Å². The Morgan fingerprint density at radius 1 is 1.07 bits per heavy atom. The van der Waals surface area contributed by atoms with Gasteiger partial charge in [-0.3, -0.25) is 14.6 Å². The van der Waals surface area contributed by atoms with Crippen molar-refractivity contribution in [1.29, 1.82) is 0 Å². The van der Waals surface area contributed by atoms with E-state index in [1.165, 1.54) is 6.20 Å². The van der Waals surface area contributed by atoms with Crippen LogP contribution in [0.15, 0.2) is 61.3 Å². The minimum absolute atomic E-state index is 0.714. The number of hydrogen-bond acceptors (Lipinski definition) is 4. The van der Waals surface area contributed by atoms with Crippen LogP contribution in [-0.4, -0.2) is 26.9 Å². The third-order valence-corrected chi connectivity index (χ3v) is 4.67. The van der Waals surface area contributed by atoms with Crippen LogP contribution in [0.4, 0.5) is 0 Å². The molecule has 0 bridgehead atoms. The molecule has 0 N–H and O–H groups in total. The zero-order valence-corrected chi connectivity index (χ0v) is 16.4. The predicted octanol–water partition coefficient (Wildman–Crippen LogP) is 4.66. The van der Waals surface area contributed by atoms with Crippen molar-refractivity contribution < 1.29 is 4.74 Å².